The van der Waals surface area contributed by atoms with E-state index in [0.29, 0.717) is 33.4 Å². The molecule has 1 atom stereocenters. The molecule has 5 aromatic rings. The molecule has 3 N–H and O–H groups in total. The van der Waals surface area contributed by atoms with Crippen LogP contribution in [0.4, 0.5) is 0 Å². The van der Waals surface area contributed by atoms with Crippen LogP contribution in [0.5, 0.6) is 11.6 Å². The highest BCUT2D eigenvalue weighted by Gasteiger charge is 2.28. The lowest BCUT2D eigenvalue weighted by atomic mass is 9.97. The van der Waals surface area contributed by atoms with Crippen molar-refractivity contribution in [2.24, 2.45) is 5.73 Å². The van der Waals surface area contributed by atoms with E-state index < -0.39 is 12.1 Å². The van der Waals surface area contributed by atoms with Crippen molar-refractivity contribution in [2.45, 2.75) is 26.0 Å². The third kappa shape index (κ3) is 6.74. The van der Waals surface area contributed by atoms with Crippen LogP contribution in [-0.4, -0.2) is 83.3 Å². The molecule has 3 aromatic heterocycles. The number of piperazine rings is 1. The van der Waals surface area contributed by atoms with E-state index >= 15 is 0 Å². The average molecular weight is 662 g/mol. The van der Waals surface area contributed by atoms with Crippen LogP contribution < -0.4 is 15.2 Å². The minimum Gasteiger partial charge on any atom is -0.491 e. The zero-order valence-corrected chi connectivity index (χ0v) is 27.3. The number of nitrogens with zero attached hydrogens (tertiary/aromatic N) is 4. The standard InChI is InChI=1S/C34H36ClN5O5S/c1-21-24(9-10-25(30(21)35)44-17-15-40-13-11-39(2)12-14-40)28-29-32(37-20-38-33(29)46-31(28)26-8-5-16-43-26)45-27(34(41)42)18-22-6-3-4-7-23(22)19-36/h3-10,16,20,27H,11-15,17-19,36H2,1-2H3,(H,41,42)/t27-/m1/s1. The molecule has 240 valence electrons. The Morgan fingerprint density at radius 2 is 1.89 bits per heavy atom. The summed E-state index contributed by atoms with van der Waals surface area (Å²) in [6.45, 7) is 7.70. The molecule has 46 heavy (non-hydrogen) atoms. The van der Waals surface area contributed by atoms with Crippen LogP contribution in [0.2, 0.25) is 5.02 Å². The van der Waals surface area contributed by atoms with Crippen LogP contribution >= 0.6 is 22.9 Å². The molecule has 6 rings (SSSR count). The molecule has 1 saturated heterocycles. The second kappa shape index (κ2) is 14.2. The van der Waals surface area contributed by atoms with Gasteiger partial charge in [-0.25, -0.2) is 14.8 Å². The van der Waals surface area contributed by atoms with Gasteiger partial charge in [0.25, 0.3) is 0 Å². The number of benzene rings is 2. The number of aromatic nitrogens is 2. The lowest BCUT2D eigenvalue weighted by Crippen LogP contribution is -2.45. The Hall–Kier alpha value is -4.00. The predicted molar refractivity (Wildman–Crippen MR) is 180 cm³/mol. The molecular weight excluding hydrogens is 626 g/mol. The summed E-state index contributed by atoms with van der Waals surface area (Å²) >= 11 is 8.37. The van der Waals surface area contributed by atoms with Crippen LogP contribution in [0.25, 0.3) is 32.0 Å². The van der Waals surface area contributed by atoms with Crippen molar-refractivity contribution in [3.63, 3.8) is 0 Å². The van der Waals surface area contributed by atoms with Crippen molar-refractivity contribution < 1.29 is 23.8 Å². The first-order valence-electron chi connectivity index (χ1n) is 15.1. The summed E-state index contributed by atoms with van der Waals surface area (Å²) in [5.41, 5.74) is 9.95. The van der Waals surface area contributed by atoms with Crippen LogP contribution in [0.1, 0.15) is 16.7 Å². The summed E-state index contributed by atoms with van der Waals surface area (Å²) in [5, 5.41) is 11.3. The van der Waals surface area contributed by atoms with Gasteiger partial charge in [0.05, 0.1) is 21.5 Å². The summed E-state index contributed by atoms with van der Waals surface area (Å²) < 4.78 is 18.2. The highest BCUT2D eigenvalue weighted by atomic mass is 35.5. The van der Waals surface area contributed by atoms with Gasteiger partial charge in [-0.05, 0) is 54.4 Å². The van der Waals surface area contributed by atoms with Gasteiger partial charge in [0.15, 0.2) is 0 Å². The number of thiophene rings is 1. The first kappa shape index (κ1) is 32.0. The van der Waals surface area contributed by atoms with Crippen molar-refractivity contribution in [1.29, 1.82) is 0 Å². The monoisotopic (exact) mass is 661 g/mol. The summed E-state index contributed by atoms with van der Waals surface area (Å²) in [6.07, 6.45) is 1.89. The molecule has 12 heteroatoms. The molecule has 4 heterocycles. The summed E-state index contributed by atoms with van der Waals surface area (Å²) in [5.74, 6) is 0.292. The topological polar surface area (TPSA) is 127 Å². The number of hydrogen-bond donors (Lipinski definition) is 2. The van der Waals surface area contributed by atoms with Crippen molar-refractivity contribution in [1.82, 2.24) is 19.8 Å². The maximum atomic E-state index is 12.5. The van der Waals surface area contributed by atoms with E-state index in [1.54, 1.807) is 6.26 Å². The third-order valence-electron chi connectivity index (χ3n) is 8.35. The molecular formula is C34H36ClN5O5S. The third-order valence-corrected chi connectivity index (χ3v) is 9.93. The second-order valence-corrected chi connectivity index (χ2v) is 12.7. The molecule has 0 bridgehead atoms. The number of rotatable bonds is 12. The number of furan rings is 1. The van der Waals surface area contributed by atoms with Gasteiger partial charge in [0.1, 0.15) is 29.3 Å². The summed E-state index contributed by atoms with van der Waals surface area (Å²) in [4.78, 5) is 27.6. The number of halogens is 1. The molecule has 0 radical (unpaired) electrons. The van der Waals surface area contributed by atoms with Gasteiger partial charge in [-0.15, -0.1) is 11.3 Å². The highest BCUT2D eigenvalue weighted by Crippen LogP contribution is 2.49. The van der Waals surface area contributed by atoms with Gasteiger partial charge in [-0.2, -0.15) is 0 Å². The normalized spacial score (nSPS) is 14.9. The van der Waals surface area contributed by atoms with Gasteiger partial charge in [-0.3, -0.25) is 4.90 Å². The largest absolute Gasteiger partial charge is 0.491 e. The van der Waals surface area contributed by atoms with Crippen LogP contribution in [0.15, 0.2) is 65.5 Å². The molecule has 0 amide bonds. The molecule has 0 unspecified atom stereocenters. The number of nitrogens with two attached hydrogens (primary N) is 1. The lowest BCUT2D eigenvalue weighted by molar-refractivity contribution is -0.145. The number of fused-ring (bicyclic) bond motifs is 1. The van der Waals surface area contributed by atoms with E-state index in [-0.39, 0.29) is 18.8 Å². The van der Waals surface area contributed by atoms with Crippen molar-refractivity contribution >= 4 is 39.1 Å². The molecule has 1 aliphatic rings. The Morgan fingerprint density at radius 3 is 2.61 bits per heavy atom. The van der Waals surface area contributed by atoms with E-state index in [0.717, 1.165) is 65.4 Å². The maximum Gasteiger partial charge on any atom is 0.345 e. The van der Waals surface area contributed by atoms with Crippen LogP contribution in [0, 0.1) is 6.92 Å². The van der Waals surface area contributed by atoms with Gasteiger partial charge < -0.3 is 29.6 Å². The first-order valence-corrected chi connectivity index (χ1v) is 16.3. The fraction of sp³-hybridized carbons (Fsp3) is 0.324. The van der Waals surface area contributed by atoms with E-state index in [1.807, 2.05) is 55.5 Å². The molecule has 10 nitrogen and oxygen atoms in total. The highest BCUT2D eigenvalue weighted by molar-refractivity contribution is 7.22. The van der Waals surface area contributed by atoms with E-state index in [4.69, 9.17) is 31.2 Å². The number of ether oxygens (including phenoxy) is 2. The van der Waals surface area contributed by atoms with Gasteiger partial charge in [0.2, 0.25) is 12.0 Å². The number of likely N-dealkylation sites (N-methyl/N-ethyl adjacent to an activating group) is 1. The Labute approximate surface area is 276 Å². The number of carboxylic acids is 1. The van der Waals surface area contributed by atoms with Crippen LogP contribution in [0.3, 0.4) is 0 Å². The minimum atomic E-state index is -1.22. The SMILES string of the molecule is Cc1c(-c2c(-c3ccco3)sc3ncnc(O[C@H](Cc4ccccc4CN)C(=O)O)c23)ccc(OCCN2CCN(C)CC2)c1Cl. The Bertz CT molecular complexity index is 1820. The van der Waals surface area contributed by atoms with Crippen molar-refractivity contribution in [2.75, 3.05) is 46.4 Å². The van der Waals surface area contributed by atoms with Gasteiger partial charge >= 0.3 is 5.97 Å². The molecule has 0 aliphatic carbocycles. The molecule has 1 aliphatic heterocycles. The number of carbonyl (C=O) groups is 1. The fourth-order valence-corrected chi connectivity index (χ4v) is 7.04. The Balaban J connectivity index is 1.36. The minimum absolute atomic E-state index is 0.115. The number of carboxylic acid groups (broad SMARTS) is 1. The smallest absolute Gasteiger partial charge is 0.345 e. The second-order valence-electron chi connectivity index (χ2n) is 11.3. The number of hydrogen-bond acceptors (Lipinski definition) is 10. The first-order chi connectivity index (χ1) is 22.3. The average Bonchev–Trinajstić information content (AvgIpc) is 3.73. The summed E-state index contributed by atoms with van der Waals surface area (Å²) in [7, 11) is 2.14. The Kier molecular flexibility index (Phi) is 9.86. The fourth-order valence-electron chi connectivity index (χ4n) is 5.70. The maximum absolute atomic E-state index is 12.5. The summed E-state index contributed by atoms with van der Waals surface area (Å²) in [6, 6.07) is 15.0. The van der Waals surface area contributed by atoms with Crippen molar-refractivity contribution in [3.8, 4) is 33.4 Å². The van der Waals surface area contributed by atoms with E-state index in [2.05, 4.69) is 26.8 Å². The van der Waals surface area contributed by atoms with E-state index in [1.165, 1.54) is 17.7 Å². The zero-order chi connectivity index (χ0) is 32.2. The van der Waals surface area contributed by atoms with Gasteiger partial charge in [0, 0.05) is 51.3 Å². The Morgan fingerprint density at radius 1 is 1.11 bits per heavy atom. The number of aliphatic carboxylic acids is 1. The molecule has 0 saturated carbocycles. The predicted octanol–water partition coefficient (Wildman–Crippen LogP) is 5.74. The quantitative estimate of drug-likeness (QED) is 0.171. The molecule has 1 fully saturated rings. The molecule has 2 aromatic carbocycles. The lowest BCUT2D eigenvalue weighted by Gasteiger charge is -2.32. The van der Waals surface area contributed by atoms with Crippen LogP contribution in [-0.2, 0) is 17.8 Å². The van der Waals surface area contributed by atoms with Gasteiger partial charge in [-0.1, -0.05) is 41.9 Å². The van der Waals surface area contributed by atoms with Crippen molar-refractivity contribution in [3.05, 3.63) is 82.8 Å². The van der Waals surface area contributed by atoms with E-state index in [9.17, 15) is 9.90 Å². The molecule has 0 spiro atoms. The zero-order valence-electron chi connectivity index (χ0n) is 25.7.